The second-order valence-corrected chi connectivity index (χ2v) is 8.72. The van der Waals surface area contributed by atoms with Gasteiger partial charge in [-0.3, -0.25) is 4.90 Å². The molecule has 1 aromatic carbocycles. The summed E-state index contributed by atoms with van der Waals surface area (Å²) in [5.74, 6) is 0.916. The molecule has 2 aromatic rings. The molecule has 1 aromatic heterocycles. The molecule has 5 nitrogen and oxygen atoms in total. The minimum absolute atomic E-state index is 0.0389. The Morgan fingerprint density at radius 2 is 1.81 bits per heavy atom. The third kappa shape index (κ3) is 5.33. The fourth-order valence-corrected chi connectivity index (χ4v) is 3.57. The maximum Gasteiger partial charge on any atom is 0.150 e. The highest BCUT2D eigenvalue weighted by Crippen LogP contribution is 2.23. The van der Waals surface area contributed by atoms with E-state index in [4.69, 9.17) is 4.52 Å². The third-order valence-electron chi connectivity index (χ3n) is 5.30. The molecule has 0 bridgehead atoms. The number of nitrogens with one attached hydrogen (secondary N) is 1. The topological polar surface area (TPSA) is 44.5 Å². The van der Waals surface area contributed by atoms with E-state index in [0.717, 1.165) is 57.3 Å². The maximum absolute atomic E-state index is 5.43. The highest BCUT2D eigenvalue weighted by atomic mass is 16.5. The molecule has 3 rings (SSSR count). The Morgan fingerprint density at radius 1 is 1.07 bits per heavy atom. The van der Waals surface area contributed by atoms with Gasteiger partial charge in [0, 0.05) is 56.4 Å². The molecule has 27 heavy (non-hydrogen) atoms. The van der Waals surface area contributed by atoms with Gasteiger partial charge in [0.2, 0.25) is 0 Å². The molecule has 1 N–H and O–H groups in total. The molecular formula is C22H34N4O. The fourth-order valence-electron chi connectivity index (χ4n) is 3.57. The number of benzene rings is 1. The molecule has 5 heteroatoms. The number of rotatable bonds is 6. The van der Waals surface area contributed by atoms with Crippen LogP contribution in [0.4, 0.5) is 5.69 Å². The van der Waals surface area contributed by atoms with E-state index in [1.165, 1.54) is 16.8 Å². The summed E-state index contributed by atoms with van der Waals surface area (Å²) in [5.41, 5.74) is 5.16. The van der Waals surface area contributed by atoms with Gasteiger partial charge in [0.25, 0.3) is 0 Å². The minimum Gasteiger partial charge on any atom is -0.369 e. The Kier molecular flexibility index (Phi) is 6.22. The van der Waals surface area contributed by atoms with E-state index in [1.807, 2.05) is 0 Å². The molecule has 1 saturated heterocycles. The first-order valence-corrected chi connectivity index (χ1v) is 10.0. The second kappa shape index (κ2) is 8.44. The summed E-state index contributed by atoms with van der Waals surface area (Å²) in [5, 5.41) is 7.66. The molecule has 0 atom stereocenters. The Bertz CT molecular complexity index is 739. The van der Waals surface area contributed by atoms with Crippen molar-refractivity contribution in [2.75, 3.05) is 44.2 Å². The monoisotopic (exact) mass is 370 g/mol. The van der Waals surface area contributed by atoms with Gasteiger partial charge < -0.3 is 14.7 Å². The van der Waals surface area contributed by atoms with Gasteiger partial charge in [0.1, 0.15) is 0 Å². The summed E-state index contributed by atoms with van der Waals surface area (Å²) in [6.45, 7) is 18.0. The molecule has 0 amide bonds. The summed E-state index contributed by atoms with van der Waals surface area (Å²) >= 11 is 0. The molecule has 1 aliphatic heterocycles. The van der Waals surface area contributed by atoms with Gasteiger partial charge in [-0.25, -0.2) is 0 Å². The number of piperazine rings is 1. The molecule has 148 valence electrons. The Balaban J connectivity index is 1.38. The number of anilines is 1. The van der Waals surface area contributed by atoms with E-state index in [0.29, 0.717) is 0 Å². The van der Waals surface area contributed by atoms with Crippen LogP contribution in [0.15, 0.2) is 28.8 Å². The average Bonchev–Trinajstić information content (AvgIpc) is 3.09. The average molecular weight is 371 g/mol. The van der Waals surface area contributed by atoms with Crippen LogP contribution in [0.1, 0.15) is 43.4 Å². The van der Waals surface area contributed by atoms with Crippen LogP contribution in [0.25, 0.3) is 0 Å². The number of aryl methyl sites for hydroxylation is 2. The van der Waals surface area contributed by atoms with E-state index in [-0.39, 0.29) is 5.41 Å². The number of nitrogens with zero attached hydrogens (tertiary/aromatic N) is 3. The SMILES string of the molecule is Cc1ccc(N2CCN(CCNCc3cc(C(C)(C)C)no3)CC2)c(C)c1. The van der Waals surface area contributed by atoms with Crippen molar-refractivity contribution in [1.29, 1.82) is 0 Å². The molecule has 1 fully saturated rings. The van der Waals surface area contributed by atoms with Crippen LogP contribution in [0.2, 0.25) is 0 Å². The van der Waals surface area contributed by atoms with Crippen molar-refractivity contribution in [3.63, 3.8) is 0 Å². The number of hydrogen-bond donors (Lipinski definition) is 1. The predicted molar refractivity (Wildman–Crippen MR) is 111 cm³/mol. The lowest BCUT2D eigenvalue weighted by Crippen LogP contribution is -2.48. The van der Waals surface area contributed by atoms with Crippen LogP contribution >= 0.6 is 0 Å². The van der Waals surface area contributed by atoms with Crippen LogP contribution < -0.4 is 10.2 Å². The van der Waals surface area contributed by atoms with Crippen LogP contribution in [0.3, 0.4) is 0 Å². The zero-order chi connectivity index (χ0) is 19.4. The first kappa shape index (κ1) is 19.9. The first-order chi connectivity index (χ1) is 12.8. The van der Waals surface area contributed by atoms with Gasteiger partial charge in [0.15, 0.2) is 5.76 Å². The van der Waals surface area contributed by atoms with Gasteiger partial charge in [-0.1, -0.05) is 43.6 Å². The fraction of sp³-hybridized carbons (Fsp3) is 0.591. The summed E-state index contributed by atoms with van der Waals surface area (Å²) in [6.07, 6.45) is 0. The standard InChI is InChI=1S/C22H34N4O/c1-17-6-7-20(18(2)14-17)26-12-10-25(11-13-26)9-8-23-16-19-15-21(24-27-19)22(3,4)5/h6-7,14-15,23H,8-13,16H2,1-5H3. The minimum atomic E-state index is 0.0389. The van der Waals surface area contributed by atoms with Gasteiger partial charge in [-0.05, 0) is 25.5 Å². The summed E-state index contributed by atoms with van der Waals surface area (Å²) in [4.78, 5) is 5.05. The normalized spacial score (nSPS) is 16.1. The van der Waals surface area contributed by atoms with Crippen molar-refractivity contribution >= 4 is 5.69 Å². The molecule has 0 spiro atoms. The lowest BCUT2D eigenvalue weighted by Gasteiger charge is -2.37. The Labute approximate surface area is 163 Å². The zero-order valence-electron chi connectivity index (χ0n) is 17.5. The van der Waals surface area contributed by atoms with Crippen LogP contribution in [-0.4, -0.2) is 49.3 Å². The van der Waals surface area contributed by atoms with Crippen molar-refractivity contribution in [3.05, 3.63) is 46.8 Å². The largest absolute Gasteiger partial charge is 0.369 e. The Morgan fingerprint density at radius 3 is 2.44 bits per heavy atom. The lowest BCUT2D eigenvalue weighted by molar-refractivity contribution is 0.255. The zero-order valence-corrected chi connectivity index (χ0v) is 17.5. The van der Waals surface area contributed by atoms with Crippen molar-refractivity contribution in [3.8, 4) is 0 Å². The maximum atomic E-state index is 5.43. The quantitative estimate of drug-likeness (QED) is 0.789. The lowest BCUT2D eigenvalue weighted by atomic mass is 9.92. The van der Waals surface area contributed by atoms with Crippen LogP contribution in [0, 0.1) is 13.8 Å². The molecule has 0 radical (unpaired) electrons. The van der Waals surface area contributed by atoms with E-state index in [1.54, 1.807) is 0 Å². The van der Waals surface area contributed by atoms with Gasteiger partial charge in [-0.2, -0.15) is 0 Å². The van der Waals surface area contributed by atoms with Crippen LogP contribution in [0.5, 0.6) is 0 Å². The third-order valence-corrected chi connectivity index (χ3v) is 5.30. The molecular weight excluding hydrogens is 336 g/mol. The molecule has 1 aliphatic rings. The second-order valence-electron chi connectivity index (χ2n) is 8.72. The van der Waals surface area contributed by atoms with E-state index >= 15 is 0 Å². The number of aromatic nitrogens is 1. The van der Waals surface area contributed by atoms with Crippen molar-refractivity contribution in [1.82, 2.24) is 15.4 Å². The summed E-state index contributed by atoms with van der Waals surface area (Å²) in [6, 6.07) is 8.83. The van der Waals surface area contributed by atoms with Crippen LogP contribution in [-0.2, 0) is 12.0 Å². The van der Waals surface area contributed by atoms with Crippen molar-refractivity contribution in [2.24, 2.45) is 0 Å². The predicted octanol–water partition coefficient (Wildman–Crippen LogP) is 3.50. The molecule has 0 aliphatic carbocycles. The van der Waals surface area contributed by atoms with E-state index in [9.17, 15) is 0 Å². The highest BCUT2D eigenvalue weighted by Gasteiger charge is 2.19. The molecule has 0 saturated carbocycles. The van der Waals surface area contributed by atoms with E-state index in [2.05, 4.69) is 79.2 Å². The Hall–Kier alpha value is -1.85. The van der Waals surface area contributed by atoms with Gasteiger partial charge >= 0.3 is 0 Å². The smallest absolute Gasteiger partial charge is 0.150 e. The number of hydrogen-bond acceptors (Lipinski definition) is 5. The first-order valence-electron chi connectivity index (χ1n) is 10.0. The molecule has 2 heterocycles. The van der Waals surface area contributed by atoms with E-state index < -0.39 is 0 Å². The summed E-state index contributed by atoms with van der Waals surface area (Å²) in [7, 11) is 0. The van der Waals surface area contributed by atoms with Gasteiger partial charge in [0.05, 0.1) is 12.2 Å². The van der Waals surface area contributed by atoms with Gasteiger partial charge in [-0.15, -0.1) is 0 Å². The van der Waals surface area contributed by atoms with Crippen molar-refractivity contribution < 1.29 is 4.52 Å². The molecule has 0 unspecified atom stereocenters. The summed E-state index contributed by atoms with van der Waals surface area (Å²) < 4.78 is 5.43. The highest BCUT2D eigenvalue weighted by molar-refractivity contribution is 5.54. The van der Waals surface area contributed by atoms with Crippen molar-refractivity contribution in [2.45, 2.75) is 46.6 Å².